The maximum atomic E-state index is 12.7. The van der Waals surface area contributed by atoms with Gasteiger partial charge in [-0.2, -0.15) is 13.2 Å². The third-order valence-electron chi connectivity index (χ3n) is 4.49. The molecule has 0 aromatic carbocycles. The molecule has 0 unspecified atom stereocenters. The summed E-state index contributed by atoms with van der Waals surface area (Å²) in [6.45, 7) is 0. The van der Waals surface area contributed by atoms with Crippen LogP contribution in [-0.4, -0.2) is 35.5 Å². The Kier molecular flexibility index (Phi) is 6.21. The summed E-state index contributed by atoms with van der Waals surface area (Å²) in [6, 6.07) is 5.64. The van der Waals surface area contributed by atoms with Gasteiger partial charge in [0, 0.05) is 18.5 Å². The summed E-state index contributed by atoms with van der Waals surface area (Å²) in [5.41, 5.74) is 2.53. The first kappa shape index (κ1) is 19.4. The van der Waals surface area contributed by atoms with Crippen molar-refractivity contribution in [3.05, 3.63) is 30.1 Å². The van der Waals surface area contributed by atoms with Crippen LogP contribution in [0.15, 0.2) is 29.4 Å². The number of aromatic nitrogens is 2. The third kappa shape index (κ3) is 4.60. The van der Waals surface area contributed by atoms with E-state index in [-0.39, 0.29) is 31.3 Å². The molecule has 1 saturated carbocycles. The van der Waals surface area contributed by atoms with Crippen LogP contribution in [0.25, 0.3) is 11.4 Å². The predicted octanol–water partition coefficient (Wildman–Crippen LogP) is 4.98. The molecule has 4 nitrogen and oxygen atoms in total. The molecule has 0 aliphatic heterocycles. The largest absolute Gasteiger partial charge is 0.494 e. The van der Waals surface area contributed by atoms with Crippen molar-refractivity contribution in [2.24, 2.45) is 10.9 Å². The predicted molar refractivity (Wildman–Crippen MR) is 93.8 cm³/mol. The first-order chi connectivity index (χ1) is 11.5. The molecule has 2 aromatic rings. The Hall–Kier alpha value is -1.89. The van der Waals surface area contributed by atoms with Gasteiger partial charge in [0.15, 0.2) is 0 Å². The zero-order chi connectivity index (χ0) is 17.2. The summed E-state index contributed by atoms with van der Waals surface area (Å²) in [6.07, 6.45) is 0.657. The van der Waals surface area contributed by atoms with E-state index in [0.717, 1.165) is 17.1 Å². The normalized spacial score (nSPS) is 21.3. The maximum Gasteiger partial charge on any atom is 0.391 e. The Morgan fingerprint density at radius 1 is 1.20 bits per heavy atom. The molecule has 2 aromatic heterocycles. The molecular formula is C17H21ClF3N3O. The first-order valence-corrected chi connectivity index (χ1v) is 7.98. The van der Waals surface area contributed by atoms with Gasteiger partial charge in [0.05, 0.1) is 36.2 Å². The standard InChI is InChI=1S/C17H20F3N3O.ClH/c1-24-16-9-14(13-3-2-8-21-13)23-15(16)10-22-12-6-4-11(5-7-12)17(18,19)20;/h2-3,8-12,21,23H,4-7H2,1H3;1H. The summed E-state index contributed by atoms with van der Waals surface area (Å²) < 4.78 is 43.4. The van der Waals surface area contributed by atoms with Crippen molar-refractivity contribution in [2.75, 3.05) is 7.11 Å². The molecular weight excluding hydrogens is 355 g/mol. The lowest BCUT2D eigenvalue weighted by Crippen LogP contribution is -2.29. The van der Waals surface area contributed by atoms with Crippen molar-refractivity contribution in [2.45, 2.75) is 37.9 Å². The molecule has 1 aliphatic rings. The van der Waals surface area contributed by atoms with E-state index in [1.54, 1.807) is 13.3 Å². The Bertz CT molecular complexity index is 687. The van der Waals surface area contributed by atoms with Gasteiger partial charge < -0.3 is 14.7 Å². The Morgan fingerprint density at radius 3 is 2.48 bits per heavy atom. The quantitative estimate of drug-likeness (QED) is 0.727. The highest BCUT2D eigenvalue weighted by Crippen LogP contribution is 2.38. The minimum Gasteiger partial charge on any atom is -0.494 e. The number of H-pyrrole nitrogens is 2. The minimum atomic E-state index is -4.08. The lowest BCUT2D eigenvalue weighted by Gasteiger charge is -2.27. The molecule has 3 rings (SSSR count). The number of rotatable bonds is 4. The van der Waals surface area contributed by atoms with Crippen molar-refractivity contribution in [3.63, 3.8) is 0 Å². The number of nitrogens with zero attached hydrogens (tertiary/aromatic N) is 1. The van der Waals surface area contributed by atoms with Crippen LogP contribution in [0.1, 0.15) is 31.4 Å². The molecule has 0 bridgehead atoms. The molecule has 0 atom stereocenters. The van der Waals surface area contributed by atoms with Crippen LogP contribution in [0.5, 0.6) is 5.75 Å². The second kappa shape index (κ2) is 7.99. The van der Waals surface area contributed by atoms with Gasteiger partial charge in [-0.1, -0.05) is 0 Å². The summed E-state index contributed by atoms with van der Waals surface area (Å²) in [5, 5.41) is 0. The zero-order valence-corrected chi connectivity index (χ0v) is 14.6. The van der Waals surface area contributed by atoms with Gasteiger partial charge >= 0.3 is 6.18 Å². The average Bonchev–Trinajstić information content (AvgIpc) is 3.21. The van der Waals surface area contributed by atoms with Crippen LogP contribution in [0, 0.1) is 5.92 Å². The van der Waals surface area contributed by atoms with E-state index >= 15 is 0 Å². The SMILES string of the molecule is COc1cc(-c2ccc[nH]2)[nH]c1C=NC1CCC(C(F)(F)F)CC1.Cl. The van der Waals surface area contributed by atoms with E-state index < -0.39 is 12.1 Å². The van der Waals surface area contributed by atoms with Gasteiger partial charge in [-0.05, 0) is 37.8 Å². The van der Waals surface area contributed by atoms with Gasteiger partial charge in [0.2, 0.25) is 0 Å². The second-order valence-corrected chi connectivity index (χ2v) is 6.07. The van der Waals surface area contributed by atoms with Crippen LogP contribution in [0.4, 0.5) is 13.2 Å². The summed E-state index contributed by atoms with van der Waals surface area (Å²) in [4.78, 5) is 10.8. The van der Waals surface area contributed by atoms with Crippen molar-refractivity contribution in [3.8, 4) is 17.1 Å². The van der Waals surface area contributed by atoms with Crippen LogP contribution in [0.2, 0.25) is 0 Å². The number of nitrogens with one attached hydrogen (secondary N) is 2. The molecule has 0 saturated heterocycles. The van der Waals surface area contributed by atoms with Gasteiger partial charge in [-0.25, -0.2) is 0 Å². The van der Waals surface area contributed by atoms with Crippen molar-refractivity contribution in [1.29, 1.82) is 0 Å². The second-order valence-electron chi connectivity index (χ2n) is 6.07. The number of hydrogen-bond acceptors (Lipinski definition) is 2. The van der Waals surface area contributed by atoms with E-state index in [4.69, 9.17) is 4.74 Å². The number of halogens is 4. The van der Waals surface area contributed by atoms with Crippen LogP contribution < -0.4 is 4.74 Å². The number of ether oxygens (including phenoxy) is 1. The van der Waals surface area contributed by atoms with Gasteiger partial charge in [0.25, 0.3) is 0 Å². The fourth-order valence-electron chi connectivity index (χ4n) is 3.09. The number of hydrogen-bond donors (Lipinski definition) is 2. The molecule has 1 aliphatic carbocycles. The highest BCUT2D eigenvalue weighted by molar-refractivity contribution is 5.85. The molecule has 2 heterocycles. The average molecular weight is 376 g/mol. The van der Waals surface area contributed by atoms with Gasteiger partial charge in [-0.15, -0.1) is 12.4 Å². The number of aromatic amines is 2. The zero-order valence-electron chi connectivity index (χ0n) is 13.8. The molecule has 0 spiro atoms. The number of methoxy groups -OCH3 is 1. The Labute approximate surface area is 150 Å². The van der Waals surface area contributed by atoms with Crippen LogP contribution in [-0.2, 0) is 0 Å². The monoisotopic (exact) mass is 375 g/mol. The Balaban J connectivity index is 0.00000225. The van der Waals surface area contributed by atoms with Crippen molar-refractivity contribution >= 4 is 18.6 Å². The topological polar surface area (TPSA) is 53.2 Å². The number of alkyl halides is 3. The molecule has 25 heavy (non-hydrogen) atoms. The number of aliphatic imine (C=N–C) groups is 1. The van der Waals surface area contributed by atoms with E-state index in [1.165, 1.54) is 0 Å². The molecule has 0 amide bonds. The maximum absolute atomic E-state index is 12.7. The molecule has 1 fully saturated rings. The minimum absolute atomic E-state index is 0. The summed E-state index contributed by atoms with van der Waals surface area (Å²) >= 11 is 0. The van der Waals surface area contributed by atoms with E-state index in [0.29, 0.717) is 18.6 Å². The first-order valence-electron chi connectivity index (χ1n) is 7.98. The third-order valence-corrected chi connectivity index (χ3v) is 4.49. The molecule has 138 valence electrons. The van der Waals surface area contributed by atoms with E-state index in [2.05, 4.69) is 15.0 Å². The van der Waals surface area contributed by atoms with Crippen molar-refractivity contribution in [1.82, 2.24) is 9.97 Å². The summed E-state index contributed by atoms with van der Waals surface area (Å²) in [5.74, 6) is -0.518. The van der Waals surface area contributed by atoms with E-state index in [9.17, 15) is 13.2 Å². The van der Waals surface area contributed by atoms with Crippen LogP contribution >= 0.6 is 12.4 Å². The van der Waals surface area contributed by atoms with Gasteiger partial charge in [-0.3, -0.25) is 4.99 Å². The molecule has 0 radical (unpaired) electrons. The van der Waals surface area contributed by atoms with E-state index in [1.807, 2.05) is 24.4 Å². The van der Waals surface area contributed by atoms with Crippen LogP contribution in [0.3, 0.4) is 0 Å². The van der Waals surface area contributed by atoms with Gasteiger partial charge in [0.1, 0.15) is 5.75 Å². The molecule has 2 N–H and O–H groups in total. The highest BCUT2D eigenvalue weighted by atomic mass is 35.5. The highest BCUT2D eigenvalue weighted by Gasteiger charge is 2.41. The molecule has 8 heteroatoms. The summed E-state index contributed by atoms with van der Waals surface area (Å²) in [7, 11) is 1.58. The van der Waals surface area contributed by atoms with Crippen molar-refractivity contribution < 1.29 is 17.9 Å². The Morgan fingerprint density at radius 2 is 1.92 bits per heavy atom. The lowest BCUT2D eigenvalue weighted by molar-refractivity contribution is -0.182. The smallest absolute Gasteiger partial charge is 0.391 e. The fourth-order valence-corrected chi connectivity index (χ4v) is 3.09. The fraction of sp³-hybridized carbons (Fsp3) is 0.471. The lowest BCUT2D eigenvalue weighted by atomic mass is 9.86.